The molecule has 3 heterocycles. The number of benzene rings is 2. The van der Waals surface area contributed by atoms with Crippen molar-refractivity contribution in [1.29, 1.82) is 0 Å². The first-order valence-corrected chi connectivity index (χ1v) is 12.2. The number of thiazole rings is 1. The molecule has 1 fully saturated rings. The average molecular weight is 438 g/mol. The molecule has 5 rings (SSSR count). The highest BCUT2D eigenvalue weighted by molar-refractivity contribution is 8.00. The van der Waals surface area contributed by atoms with E-state index in [1.165, 1.54) is 4.70 Å². The van der Waals surface area contributed by atoms with Gasteiger partial charge in [-0.05, 0) is 43.5 Å². The van der Waals surface area contributed by atoms with Crippen LogP contribution in [-0.4, -0.2) is 40.5 Å². The second-order valence-corrected chi connectivity index (χ2v) is 9.75. The van der Waals surface area contributed by atoms with Crippen LogP contribution < -0.4 is 4.90 Å². The number of aromatic nitrogens is 1. The molecule has 0 aliphatic carbocycles. The first-order valence-electron chi connectivity index (χ1n) is 10.4. The fraction of sp³-hybridized carbons (Fsp3) is 0.348. The van der Waals surface area contributed by atoms with Crippen LogP contribution in [0.3, 0.4) is 0 Å². The first-order chi connectivity index (χ1) is 14.7. The number of hydrogen-bond donors (Lipinski definition) is 0. The smallest absolute Gasteiger partial charge is 0.237 e. The van der Waals surface area contributed by atoms with E-state index in [4.69, 9.17) is 4.98 Å². The standard InChI is InChI=1S/C23H23N3O2S2/c27-21(12-14-26-17-8-2-4-11-20(17)29-15-22(26)28)25-13-6-5-9-18(25)23-24-16-7-1-3-10-19(16)30-23/h1-4,7-8,10-11,18H,5-6,9,12-15H2. The van der Waals surface area contributed by atoms with Gasteiger partial charge < -0.3 is 9.80 Å². The number of hydrogen-bond acceptors (Lipinski definition) is 5. The number of carbonyl (C=O) groups is 2. The third kappa shape index (κ3) is 3.72. The maximum Gasteiger partial charge on any atom is 0.237 e. The molecule has 0 saturated carbocycles. The third-order valence-electron chi connectivity index (χ3n) is 5.78. The minimum Gasteiger partial charge on any atom is -0.333 e. The Morgan fingerprint density at radius 1 is 1.10 bits per heavy atom. The Morgan fingerprint density at radius 3 is 2.83 bits per heavy atom. The van der Waals surface area contributed by atoms with Crippen molar-refractivity contribution in [3.8, 4) is 0 Å². The average Bonchev–Trinajstić information content (AvgIpc) is 3.22. The molecule has 30 heavy (non-hydrogen) atoms. The first kappa shape index (κ1) is 19.6. The zero-order chi connectivity index (χ0) is 20.5. The van der Waals surface area contributed by atoms with E-state index in [2.05, 4.69) is 6.07 Å². The van der Waals surface area contributed by atoms with Gasteiger partial charge in [-0.1, -0.05) is 24.3 Å². The summed E-state index contributed by atoms with van der Waals surface area (Å²) in [6.07, 6.45) is 3.43. The van der Waals surface area contributed by atoms with E-state index in [9.17, 15) is 9.59 Å². The van der Waals surface area contributed by atoms with Gasteiger partial charge in [-0.15, -0.1) is 23.1 Å². The number of nitrogens with zero attached hydrogens (tertiary/aromatic N) is 3. The molecule has 1 aromatic heterocycles. The fourth-order valence-electron chi connectivity index (χ4n) is 4.27. The van der Waals surface area contributed by atoms with E-state index in [-0.39, 0.29) is 17.9 Å². The monoisotopic (exact) mass is 437 g/mol. The van der Waals surface area contributed by atoms with Gasteiger partial charge in [-0.25, -0.2) is 4.98 Å². The topological polar surface area (TPSA) is 53.5 Å². The van der Waals surface area contributed by atoms with Gasteiger partial charge in [0.1, 0.15) is 5.01 Å². The van der Waals surface area contributed by atoms with E-state index < -0.39 is 0 Å². The lowest BCUT2D eigenvalue weighted by atomic mass is 10.0. The number of likely N-dealkylation sites (tertiary alicyclic amines) is 1. The molecule has 154 valence electrons. The van der Waals surface area contributed by atoms with Crippen LogP contribution >= 0.6 is 23.1 Å². The maximum absolute atomic E-state index is 13.2. The summed E-state index contributed by atoms with van der Waals surface area (Å²) in [5.41, 5.74) is 1.93. The van der Waals surface area contributed by atoms with Crippen molar-refractivity contribution in [1.82, 2.24) is 9.88 Å². The van der Waals surface area contributed by atoms with Crippen LogP contribution in [-0.2, 0) is 9.59 Å². The van der Waals surface area contributed by atoms with Crippen molar-refractivity contribution in [3.05, 3.63) is 53.5 Å². The van der Waals surface area contributed by atoms with Gasteiger partial charge in [0.2, 0.25) is 11.8 Å². The molecule has 1 unspecified atom stereocenters. The van der Waals surface area contributed by atoms with Crippen molar-refractivity contribution >= 4 is 50.8 Å². The third-order valence-corrected chi connectivity index (χ3v) is 7.96. The molecule has 3 aromatic rings. The van der Waals surface area contributed by atoms with Crippen LogP contribution in [0.1, 0.15) is 36.7 Å². The number of amides is 2. The molecule has 5 nitrogen and oxygen atoms in total. The van der Waals surface area contributed by atoms with Crippen LogP contribution in [0, 0.1) is 0 Å². The number of piperidine rings is 1. The minimum atomic E-state index is 0.0450. The summed E-state index contributed by atoms with van der Waals surface area (Å²) < 4.78 is 1.17. The fourth-order valence-corrected chi connectivity index (χ4v) is 6.32. The van der Waals surface area contributed by atoms with E-state index in [0.29, 0.717) is 18.7 Å². The Labute approximate surface area is 184 Å². The highest BCUT2D eigenvalue weighted by atomic mass is 32.2. The molecular weight excluding hydrogens is 414 g/mol. The van der Waals surface area contributed by atoms with E-state index in [0.717, 1.165) is 46.9 Å². The summed E-state index contributed by atoms with van der Waals surface area (Å²) in [6.45, 7) is 1.19. The number of rotatable bonds is 4. The van der Waals surface area contributed by atoms with Crippen molar-refractivity contribution in [2.75, 3.05) is 23.7 Å². The van der Waals surface area contributed by atoms with Gasteiger partial charge in [0.25, 0.3) is 0 Å². The number of thioether (sulfide) groups is 1. The SMILES string of the molecule is O=C1CSc2ccccc2N1CCC(=O)N1CCCCC1c1nc2ccccc2s1. The van der Waals surface area contributed by atoms with Gasteiger partial charge in [-0.2, -0.15) is 0 Å². The number of fused-ring (bicyclic) bond motifs is 2. The summed E-state index contributed by atoms with van der Waals surface area (Å²) >= 11 is 3.26. The molecule has 0 N–H and O–H groups in total. The van der Waals surface area contributed by atoms with E-state index >= 15 is 0 Å². The molecule has 2 aliphatic heterocycles. The zero-order valence-corrected chi connectivity index (χ0v) is 18.3. The Kier molecular flexibility index (Phi) is 5.48. The highest BCUT2D eigenvalue weighted by Crippen LogP contribution is 2.37. The second-order valence-electron chi connectivity index (χ2n) is 7.67. The lowest BCUT2D eigenvalue weighted by Gasteiger charge is -2.35. The predicted molar refractivity (Wildman–Crippen MR) is 122 cm³/mol. The zero-order valence-electron chi connectivity index (χ0n) is 16.6. The molecule has 1 saturated heterocycles. The molecule has 2 amide bonds. The number of anilines is 1. The van der Waals surface area contributed by atoms with Crippen LogP contribution in [0.15, 0.2) is 53.4 Å². The molecule has 0 spiro atoms. The van der Waals surface area contributed by atoms with Gasteiger partial charge in [0.05, 0.1) is 27.7 Å². The van der Waals surface area contributed by atoms with Crippen molar-refractivity contribution < 1.29 is 9.59 Å². The summed E-state index contributed by atoms with van der Waals surface area (Å²) in [6, 6.07) is 16.1. The normalized spacial score (nSPS) is 19.2. The predicted octanol–water partition coefficient (Wildman–Crippen LogP) is 4.88. The Balaban J connectivity index is 1.33. The van der Waals surface area contributed by atoms with Gasteiger partial charge in [-0.3, -0.25) is 9.59 Å². The van der Waals surface area contributed by atoms with Crippen molar-refractivity contribution in [3.63, 3.8) is 0 Å². The lowest BCUT2D eigenvalue weighted by Crippen LogP contribution is -2.42. The Bertz CT molecular complexity index is 1060. The van der Waals surface area contributed by atoms with Crippen LogP contribution in [0.5, 0.6) is 0 Å². The van der Waals surface area contributed by atoms with Crippen LogP contribution in [0.25, 0.3) is 10.2 Å². The summed E-state index contributed by atoms with van der Waals surface area (Å²) in [7, 11) is 0. The number of carbonyl (C=O) groups excluding carboxylic acids is 2. The summed E-state index contributed by atoms with van der Waals surface area (Å²) in [5.74, 6) is 0.624. The molecule has 2 aliphatic rings. The summed E-state index contributed by atoms with van der Waals surface area (Å²) in [5, 5.41) is 1.03. The molecule has 0 bridgehead atoms. The molecule has 0 radical (unpaired) electrons. The number of para-hydroxylation sites is 2. The van der Waals surface area contributed by atoms with Gasteiger partial charge in [0, 0.05) is 24.4 Å². The molecule has 7 heteroatoms. The van der Waals surface area contributed by atoms with Crippen LogP contribution in [0.2, 0.25) is 0 Å². The molecule has 1 atom stereocenters. The van der Waals surface area contributed by atoms with E-state index in [1.807, 2.05) is 47.4 Å². The highest BCUT2D eigenvalue weighted by Gasteiger charge is 2.31. The quantitative estimate of drug-likeness (QED) is 0.584. The van der Waals surface area contributed by atoms with E-state index in [1.54, 1.807) is 28.0 Å². The Morgan fingerprint density at radius 2 is 1.93 bits per heavy atom. The van der Waals surface area contributed by atoms with Gasteiger partial charge in [0.15, 0.2) is 0 Å². The molecular formula is C23H23N3O2S2. The molecule has 2 aromatic carbocycles. The largest absolute Gasteiger partial charge is 0.333 e. The van der Waals surface area contributed by atoms with Crippen molar-refractivity contribution in [2.45, 2.75) is 36.6 Å². The van der Waals surface area contributed by atoms with Gasteiger partial charge >= 0.3 is 0 Å². The Hall–Kier alpha value is -2.38. The van der Waals surface area contributed by atoms with Crippen LogP contribution in [0.4, 0.5) is 5.69 Å². The maximum atomic E-state index is 13.2. The minimum absolute atomic E-state index is 0.0450. The lowest BCUT2D eigenvalue weighted by molar-refractivity contribution is -0.134. The van der Waals surface area contributed by atoms with Crippen molar-refractivity contribution in [2.24, 2.45) is 0 Å². The summed E-state index contributed by atoms with van der Waals surface area (Å²) in [4.78, 5) is 35.4. The second kappa shape index (κ2) is 8.40.